The molecule has 1 rings (SSSR count). The lowest BCUT2D eigenvalue weighted by Gasteiger charge is -2.08. The molecular weight excluding hydrogens is 236 g/mol. The fourth-order valence-corrected chi connectivity index (χ4v) is 3.09. The van der Waals surface area contributed by atoms with E-state index in [2.05, 4.69) is 0 Å². The molecule has 1 aromatic heterocycles. The molecule has 1 N–H and O–H groups in total. The predicted octanol–water partition coefficient (Wildman–Crippen LogP) is 1.10. The molecule has 0 saturated carbocycles. The monoisotopic (exact) mass is 248 g/mol. The van der Waals surface area contributed by atoms with E-state index >= 15 is 0 Å². The molecule has 4 nitrogen and oxygen atoms in total. The summed E-state index contributed by atoms with van der Waals surface area (Å²) in [5, 5.41) is 7.46. The van der Waals surface area contributed by atoms with Crippen LogP contribution in [-0.2, 0) is 21.1 Å². The Morgan fingerprint density at radius 2 is 2.13 bits per heavy atom. The van der Waals surface area contributed by atoms with Gasteiger partial charge in [-0.25, -0.2) is 8.42 Å². The third-order valence-electron chi connectivity index (χ3n) is 1.97. The summed E-state index contributed by atoms with van der Waals surface area (Å²) in [7, 11) is -3.55. The summed E-state index contributed by atoms with van der Waals surface area (Å²) in [6.45, 7) is 1.89. The van der Waals surface area contributed by atoms with Crippen LogP contribution in [0.4, 0.5) is 0 Å². The van der Waals surface area contributed by atoms with Gasteiger partial charge in [0.05, 0.1) is 0 Å². The van der Waals surface area contributed by atoms with Gasteiger partial charge in [0.1, 0.15) is 0 Å². The second-order valence-corrected chi connectivity index (χ2v) is 6.97. The van der Waals surface area contributed by atoms with Gasteiger partial charge in [0.25, 0.3) is 0 Å². The normalized spacial score (nSPS) is 13.7. The van der Waals surface area contributed by atoms with Gasteiger partial charge in [-0.15, -0.1) is 11.3 Å². The Morgan fingerprint density at radius 3 is 2.47 bits per heavy atom. The van der Waals surface area contributed by atoms with Gasteiger partial charge < -0.3 is 5.11 Å². The molecule has 0 amide bonds. The van der Waals surface area contributed by atoms with Crippen molar-refractivity contribution in [3.05, 3.63) is 21.9 Å². The summed E-state index contributed by atoms with van der Waals surface area (Å²) in [4.78, 5) is 12.6. The Kier molecular flexibility index (Phi) is 3.51. The van der Waals surface area contributed by atoms with E-state index in [4.69, 9.17) is 5.11 Å². The molecule has 84 valence electrons. The Balaban J connectivity index is 2.90. The summed E-state index contributed by atoms with van der Waals surface area (Å²) in [6, 6.07) is 3.61. The molecule has 0 radical (unpaired) electrons. The third-order valence-corrected chi connectivity index (χ3v) is 4.40. The van der Waals surface area contributed by atoms with Crippen LogP contribution in [0.3, 0.4) is 0 Å². The number of hydrogen-bond acceptors (Lipinski definition) is 4. The van der Waals surface area contributed by atoms with E-state index in [1.807, 2.05) is 13.0 Å². The lowest BCUT2D eigenvalue weighted by atomic mass is 10.2. The number of aryl methyl sites for hydroxylation is 1. The largest absolute Gasteiger partial charge is 0.480 e. The topological polar surface area (TPSA) is 71.4 Å². The van der Waals surface area contributed by atoms with E-state index in [-0.39, 0.29) is 6.42 Å². The van der Waals surface area contributed by atoms with Gasteiger partial charge in [-0.2, -0.15) is 0 Å². The van der Waals surface area contributed by atoms with E-state index < -0.39 is 21.1 Å². The van der Waals surface area contributed by atoms with E-state index in [1.54, 1.807) is 6.07 Å². The molecule has 1 aromatic rings. The number of aliphatic carboxylic acids is 1. The van der Waals surface area contributed by atoms with Gasteiger partial charge in [0.2, 0.25) is 0 Å². The molecule has 0 aromatic carbocycles. The van der Waals surface area contributed by atoms with Gasteiger partial charge in [-0.1, -0.05) is 0 Å². The van der Waals surface area contributed by atoms with Crippen molar-refractivity contribution in [1.29, 1.82) is 0 Å². The van der Waals surface area contributed by atoms with Gasteiger partial charge in [-0.3, -0.25) is 4.79 Å². The molecule has 0 aliphatic carbocycles. The van der Waals surface area contributed by atoms with E-state index in [1.165, 1.54) is 11.3 Å². The minimum atomic E-state index is -3.55. The first kappa shape index (κ1) is 12.2. The van der Waals surface area contributed by atoms with Crippen molar-refractivity contribution in [2.45, 2.75) is 18.6 Å². The van der Waals surface area contributed by atoms with E-state index in [0.29, 0.717) is 0 Å². The second kappa shape index (κ2) is 4.32. The van der Waals surface area contributed by atoms with Crippen LogP contribution in [0.2, 0.25) is 0 Å². The van der Waals surface area contributed by atoms with Crippen LogP contribution in [0, 0.1) is 6.92 Å². The first-order chi connectivity index (χ1) is 6.80. The zero-order valence-electron chi connectivity index (χ0n) is 8.43. The molecule has 1 atom stereocenters. The lowest BCUT2D eigenvalue weighted by molar-refractivity contribution is -0.136. The number of carbonyl (C=O) groups is 1. The van der Waals surface area contributed by atoms with E-state index in [0.717, 1.165) is 16.0 Å². The first-order valence-electron chi connectivity index (χ1n) is 4.27. The van der Waals surface area contributed by atoms with Crippen LogP contribution < -0.4 is 0 Å². The van der Waals surface area contributed by atoms with Crippen LogP contribution >= 0.6 is 11.3 Å². The Labute approximate surface area is 92.5 Å². The minimum absolute atomic E-state index is 0.0483. The highest BCUT2D eigenvalue weighted by Crippen LogP contribution is 2.19. The molecule has 0 aliphatic heterocycles. The fourth-order valence-electron chi connectivity index (χ4n) is 1.20. The number of hydrogen-bond donors (Lipinski definition) is 1. The molecule has 0 fully saturated rings. The maximum Gasteiger partial charge on any atom is 0.322 e. The van der Waals surface area contributed by atoms with Crippen molar-refractivity contribution in [1.82, 2.24) is 0 Å². The number of sulfone groups is 1. The molecule has 0 spiro atoms. The summed E-state index contributed by atoms with van der Waals surface area (Å²) in [6.07, 6.45) is 0.999. The summed E-state index contributed by atoms with van der Waals surface area (Å²) < 4.78 is 22.4. The van der Waals surface area contributed by atoms with Crippen molar-refractivity contribution in [3.63, 3.8) is 0 Å². The van der Waals surface area contributed by atoms with Gasteiger partial charge in [0.15, 0.2) is 15.1 Å². The van der Waals surface area contributed by atoms with Crippen molar-refractivity contribution in [3.8, 4) is 0 Å². The Morgan fingerprint density at radius 1 is 1.53 bits per heavy atom. The van der Waals surface area contributed by atoms with Crippen molar-refractivity contribution < 1.29 is 18.3 Å². The summed E-state index contributed by atoms with van der Waals surface area (Å²) in [5.74, 6) is -1.29. The van der Waals surface area contributed by atoms with Crippen molar-refractivity contribution in [2.24, 2.45) is 0 Å². The van der Waals surface area contributed by atoms with Crippen molar-refractivity contribution >= 4 is 27.1 Å². The number of carboxylic acids is 1. The zero-order valence-corrected chi connectivity index (χ0v) is 10.1. The fraction of sp³-hybridized carbons (Fsp3) is 0.444. The molecule has 1 heterocycles. The summed E-state index contributed by atoms with van der Waals surface area (Å²) >= 11 is 1.42. The maximum atomic E-state index is 11.2. The van der Waals surface area contributed by atoms with Gasteiger partial charge in [-0.05, 0) is 19.1 Å². The molecule has 0 bridgehead atoms. The minimum Gasteiger partial charge on any atom is -0.480 e. The lowest BCUT2D eigenvalue weighted by Crippen LogP contribution is -2.31. The van der Waals surface area contributed by atoms with E-state index in [9.17, 15) is 13.2 Å². The van der Waals surface area contributed by atoms with Gasteiger partial charge >= 0.3 is 5.97 Å². The van der Waals surface area contributed by atoms with Crippen LogP contribution in [0.1, 0.15) is 9.75 Å². The quantitative estimate of drug-likeness (QED) is 0.866. The molecular formula is C9H12O4S2. The smallest absolute Gasteiger partial charge is 0.322 e. The second-order valence-electron chi connectivity index (χ2n) is 3.37. The van der Waals surface area contributed by atoms with Crippen LogP contribution in [-0.4, -0.2) is 31.0 Å². The number of carboxylic acid groups (broad SMARTS) is 1. The third kappa shape index (κ3) is 3.32. The van der Waals surface area contributed by atoms with Crippen LogP contribution in [0.5, 0.6) is 0 Å². The van der Waals surface area contributed by atoms with Crippen LogP contribution in [0.25, 0.3) is 0 Å². The molecule has 0 aliphatic rings. The Bertz CT molecular complexity index is 458. The highest BCUT2D eigenvalue weighted by atomic mass is 32.2. The highest BCUT2D eigenvalue weighted by Gasteiger charge is 2.29. The average Bonchev–Trinajstić information content (AvgIpc) is 2.44. The predicted molar refractivity (Wildman–Crippen MR) is 59.0 cm³/mol. The molecule has 6 heteroatoms. The highest BCUT2D eigenvalue weighted by molar-refractivity contribution is 7.92. The van der Waals surface area contributed by atoms with Crippen LogP contribution in [0.15, 0.2) is 12.1 Å². The average molecular weight is 248 g/mol. The Hall–Kier alpha value is -0.880. The standard InChI is InChI=1S/C9H12O4S2/c1-6-3-4-7(14-6)5-8(9(10)11)15(2,12)13/h3-4,8H,5H2,1-2H3,(H,10,11). The van der Waals surface area contributed by atoms with Crippen molar-refractivity contribution in [2.75, 3.05) is 6.26 Å². The zero-order chi connectivity index (χ0) is 11.6. The molecule has 15 heavy (non-hydrogen) atoms. The molecule has 1 unspecified atom stereocenters. The number of rotatable bonds is 4. The maximum absolute atomic E-state index is 11.2. The van der Waals surface area contributed by atoms with Gasteiger partial charge in [0, 0.05) is 22.4 Å². The first-order valence-corrected chi connectivity index (χ1v) is 7.05. The summed E-state index contributed by atoms with van der Waals surface area (Å²) in [5.41, 5.74) is 0. The SMILES string of the molecule is Cc1ccc(CC(C(=O)O)S(C)(=O)=O)s1. The molecule has 0 saturated heterocycles. The number of thiophene rings is 1.